The van der Waals surface area contributed by atoms with Crippen LogP contribution in [-0.4, -0.2) is 22.9 Å². The van der Waals surface area contributed by atoms with E-state index >= 15 is 0 Å². The van der Waals surface area contributed by atoms with Gasteiger partial charge in [0.1, 0.15) is 17.9 Å². The molecule has 10 heteroatoms. The maximum absolute atomic E-state index is 12.1. The molecule has 0 aliphatic heterocycles. The lowest BCUT2D eigenvalue weighted by Gasteiger charge is -2.11. The SMILES string of the molecule is O=C(CSc1nc2ccccc2o1)N/N=C\c1cc(Br)c(OCc2ccc(Cl)cc2)c(Br)c1. The number of rotatable bonds is 8. The molecule has 1 aromatic heterocycles. The smallest absolute Gasteiger partial charge is 0.257 e. The van der Waals surface area contributed by atoms with Crippen molar-refractivity contribution < 1.29 is 13.9 Å². The Balaban J connectivity index is 1.30. The lowest BCUT2D eigenvalue weighted by Crippen LogP contribution is -2.19. The van der Waals surface area contributed by atoms with Gasteiger partial charge in [-0.3, -0.25) is 4.79 Å². The first kappa shape index (κ1) is 23.8. The Kier molecular flexibility index (Phi) is 8.08. The number of hydrogen-bond donors (Lipinski definition) is 1. The van der Waals surface area contributed by atoms with Crippen LogP contribution in [-0.2, 0) is 11.4 Å². The van der Waals surface area contributed by atoms with Crippen LogP contribution in [0.5, 0.6) is 5.75 Å². The molecule has 0 radical (unpaired) electrons. The fourth-order valence-electron chi connectivity index (χ4n) is 2.78. The number of benzene rings is 3. The molecular formula is C23H16Br2ClN3O3S. The van der Waals surface area contributed by atoms with E-state index in [2.05, 4.69) is 47.4 Å². The Labute approximate surface area is 216 Å². The van der Waals surface area contributed by atoms with Crippen molar-refractivity contribution in [1.29, 1.82) is 0 Å². The summed E-state index contributed by atoms with van der Waals surface area (Å²) in [5.74, 6) is 0.537. The first-order chi connectivity index (χ1) is 16.0. The fourth-order valence-corrected chi connectivity index (χ4v) is 4.99. The van der Waals surface area contributed by atoms with E-state index in [0.717, 1.165) is 25.6 Å². The number of halogens is 3. The summed E-state index contributed by atoms with van der Waals surface area (Å²) < 4.78 is 13.0. The van der Waals surface area contributed by atoms with E-state index in [1.807, 2.05) is 60.7 Å². The highest BCUT2D eigenvalue weighted by Gasteiger charge is 2.10. The minimum absolute atomic E-state index is 0.134. The molecule has 0 saturated carbocycles. The number of nitrogens with zero attached hydrogens (tertiary/aromatic N) is 2. The van der Waals surface area contributed by atoms with Gasteiger partial charge in [-0.2, -0.15) is 5.10 Å². The number of hydrazone groups is 1. The Morgan fingerprint density at radius 2 is 1.88 bits per heavy atom. The van der Waals surface area contributed by atoms with Gasteiger partial charge >= 0.3 is 0 Å². The zero-order chi connectivity index (χ0) is 23.2. The number of carbonyl (C=O) groups excluding carboxylic acids is 1. The van der Waals surface area contributed by atoms with Gasteiger partial charge in [0.15, 0.2) is 5.58 Å². The number of ether oxygens (including phenoxy) is 1. The van der Waals surface area contributed by atoms with Crippen LogP contribution in [0.1, 0.15) is 11.1 Å². The summed E-state index contributed by atoms with van der Waals surface area (Å²) in [7, 11) is 0. The molecule has 0 bridgehead atoms. The molecular weight excluding hydrogens is 594 g/mol. The molecule has 3 aromatic carbocycles. The van der Waals surface area contributed by atoms with Crippen molar-refractivity contribution in [2.24, 2.45) is 5.10 Å². The molecule has 0 atom stereocenters. The van der Waals surface area contributed by atoms with Crippen molar-refractivity contribution >= 4 is 78.4 Å². The van der Waals surface area contributed by atoms with E-state index in [9.17, 15) is 4.79 Å². The van der Waals surface area contributed by atoms with Crippen molar-refractivity contribution in [3.8, 4) is 5.75 Å². The zero-order valence-corrected chi connectivity index (χ0v) is 21.7. The molecule has 1 heterocycles. The molecule has 0 aliphatic carbocycles. The third-order valence-electron chi connectivity index (χ3n) is 4.32. The van der Waals surface area contributed by atoms with Crippen molar-refractivity contribution in [2.75, 3.05) is 5.75 Å². The van der Waals surface area contributed by atoms with Crippen LogP contribution in [0.25, 0.3) is 11.1 Å². The van der Waals surface area contributed by atoms with Crippen LogP contribution in [0.4, 0.5) is 0 Å². The second-order valence-corrected chi connectivity index (χ2v) is 9.83. The van der Waals surface area contributed by atoms with Gasteiger partial charge < -0.3 is 9.15 Å². The molecule has 4 aromatic rings. The maximum Gasteiger partial charge on any atom is 0.257 e. The third kappa shape index (κ3) is 6.60. The lowest BCUT2D eigenvalue weighted by atomic mass is 10.2. The van der Waals surface area contributed by atoms with Gasteiger partial charge in [-0.1, -0.05) is 47.6 Å². The standard InChI is InChI=1S/C23H16Br2ClN3O3S/c24-17-9-15(10-18(25)22(17)31-12-14-5-7-16(26)8-6-14)11-27-29-21(30)13-33-23-28-19-3-1-2-4-20(19)32-23/h1-11H,12-13H2,(H,29,30)/b27-11-. The van der Waals surface area contributed by atoms with Gasteiger partial charge in [-0.15, -0.1) is 0 Å². The van der Waals surface area contributed by atoms with Crippen molar-refractivity contribution in [2.45, 2.75) is 11.8 Å². The van der Waals surface area contributed by atoms with E-state index in [1.165, 1.54) is 11.8 Å². The Morgan fingerprint density at radius 1 is 1.15 bits per heavy atom. The van der Waals surface area contributed by atoms with Crippen LogP contribution in [0, 0.1) is 0 Å². The normalized spacial score (nSPS) is 11.2. The van der Waals surface area contributed by atoms with Crippen LogP contribution >= 0.6 is 55.2 Å². The van der Waals surface area contributed by atoms with E-state index < -0.39 is 0 Å². The summed E-state index contributed by atoms with van der Waals surface area (Å²) >= 11 is 14.2. The van der Waals surface area contributed by atoms with E-state index in [-0.39, 0.29) is 11.7 Å². The quantitative estimate of drug-likeness (QED) is 0.135. The number of carbonyl (C=O) groups is 1. The number of oxazole rings is 1. The average molecular weight is 610 g/mol. The molecule has 4 rings (SSSR count). The number of amides is 1. The van der Waals surface area contributed by atoms with Crippen molar-refractivity contribution in [3.63, 3.8) is 0 Å². The largest absolute Gasteiger partial charge is 0.487 e. The van der Waals surface area contributed by atoms with Gasteiger partial charge in [-0.25, -0.2) is 10.4 Å². The van der Waals surface area contributed by atoms with E-state index in [0.29, 0.717) is 28.2 Å². The summed E-state index contributed by atoms with van der Waals surface area (Å²) in [6, 6.07) is 18.6. The second kappa shape index (κ2) is 11.2. The monoisotopic (exact) mass is 607 g/mol. The molecule has 0 fully saturated rings. The van der Waals surface area contributed by atoms with Crippen LogP contribution in [0.15, 0.2) is 84.4 Å². The summed E-state index contributed by atoms with van der Waals surface area (Å²) in [4.78, 5) is 16.4. The van der Waals surface area contributed by atoms with E-state index in [4.69, 9.17) is 20.8 Å². The number of nitrogens with one attached hydrogen (secondary N) is 1. The Morgan fingerprint density at radius 3 is 2.61 bits per heavy atom. The van der Waals surface area contributed by atoms with Gasteiger partial charge in [0, 0.05) is 5.02 Å². The Hall–Kier alpha value is -2.33. The number of aromatic nitrogens is 1. The molecule has 168 valence electrons. The second-order valence-electron chi connectivity index (χ2n) is 6.76. The zero-order valence-electron chi connectivity index (χ0n) is 16.9. The third-order valence-corrected chi connectivity index (χ3v) is 6.58. The minimum atomic E-state index is -0.264. The lowest BCUT2D eigenvalue weighted by molar-refractivity contribution is -0.118. The minimum Gasteiger partial charge on any atom is -0.487 e. The van der Waals surface area contributed by atoms with Gasteiger partial charge in [0.05, 0.1) is 20.9 Å². The molecule has 0 spiro atoms. The highest BCUT2D eigenvalue weighted by atomic mass is 79.9. The first-order valence-corrected chi connectivity index (χ1v) is 12.6. The van der Waals surface area contributed by atoms with Crippen LogP contribution < -0.4 is 10.2 Å². The highest BCUT2D eigenvalue weighted by Crippen LogP contribution is 2.35. The molecule has 1 amide bonds. The summed E-state index contributed by atoms with van der Waals surface area (Å²) in [6.07, 6.45) is 1.56. The maximum atomic E-state index is 12.1. The molecule has 33 heavy (non-hydrogen) atoms. The fraction of sp³-hybridized carbons (Fsp3) is 0.0870. The van der Waals surface area contributed by atoms with Gasteiger partial charge in [0.25, 0.3) is 11.1 Å². The number of hydrogen-bond acceptors (Lipinski definition) is 6. The van der Waals surface area contributed by atoms with Crippen LogP contribution in [0.2, 0.25) is 5.02 Å². The number of thioether (sulfide) groups is 1. The van der Waals surface area contributed by atoms with Gasteiger partial charge in [-0.05, 0) is 79.4 Å². The predicted molar refractivity (Wildman–Crippen MR) is 138 cm³/mol. The van der Waals surface area contributed by atoms with E-state index in [1.54, 1.807) is 6.21 Å². The summed E-state index contributed by atoms with van der Waals surface area (Å²) in [5.41, 5.74) is 5.74. The van der Waals surface area contributed by atoms with Crippen LogP contribution in [0.3, 0.4) is 0 Å². The molecule has 1 N–H and O–H groups in total. The molecule has 6 nitrogen and oxygen atoms in total. The number of para-hydroxylation sites is 2. The van der Waals surface area contributed by atoms with Crippen molar-refractivity contribution in [1.82, 2.24) is 10.4 Å². The topological polar surface area (TPSA) is 76.7 Å². The summed E-state index contributed by atoms with van der Waals surface area (Å²) in [6.45, 7) is 0.398. The highest BCUT2D eigenvalue weighted by molar-refractivity contribution is 9.11. The summed E-state index contributed by atoms with van der Waals surface area (Å²) in [5, 5.41) is 5.15. The molecule has 0 saturated heterocycles. The number of fused-ring (bicyclic) bond motifs is 1. The van der Waals surface area contributed by atoms with Gasteiger partial charge in [0.2, 0.25) is 0 Å². The molecule has 0 aliphatic rings. The Bertz CT molecular complexity index is 1260. The predicted octanol–water partition coefficient (Wildman–Crippen LogP) is 6.83. The molecule has 0 unspecified atom stereocenters. The first-order valence-electron chi connectivity index (χ1n) is 9.64. The average Bonchev–Trinajstić information content (AvgIpc) is 3.21. The van der Waals surface area contributed by atoms with Crippen molar-refractivity contribution in [3.05, 3.63) is 85.8 Å².